The first-order chi connectivity index (χ1) is 8.72. The summed E-state index contributed by atoms with van der Waals surface area (Å²) in [6, 6.07) is 0. The van der Waals surface area contributed by atoms with Crippen molar-refractivity contribution in [3.63, 3.8) is 0 Å². The lowest BCUT2D eigenvalue weighted by Crippen LogP contribution is -2.46. The summed E-state index contributed by atoms with van der Waals surface area (Å²) in [5, 5.41) is 3.20. The van der Waals surface area contributed by atoms with E-state index < -0.39 is 0 Å². The Hall–Kier alpha value is -1.52. The van der Waals surface area contributed by atoms with E-state index in [2.05, 4.69) is 21.8 Å². The molecule has 1 saturated heterocycles. The van der Waals surface area contributed by atoms with Crippen molar-refractivity contribution in [1.29, 1.82) is 0 Å². The maximum absolute atomic E-state index is 11.6. The van der Waals surface area contributed by atoms with Gasteiger partial charge in [0.05, 0.1) is 12.5 Å². The molecule has 1 aliphatic heterocycles. The number of rotatable bonds is 4. The first kappa shape index (κ1) is 14.5. The first-order valence-electron chi connectivity index (χ1n) is 6.46. The van der Waals surface area contributed by atoms with Crippen LogP contribution in [0, 0.1) is 5.92 Å². The second-order valence-corrected chi connectivity index (χ2v) is 4.23. The summed E-state index contributed by atoms with van der Waals surface area (Å²) in [5.74, 6) is 0.849. The molecule has 0 aromatic rings. The van der Waals surface area contributed by atoms with Crippen molar-refractivity contribution < 1.29 is 9.53 Å². The van der Waals surface area contributed by atoms with Crippen molar-refractivity contribution in [3.8, 4) is 0 Å². The summed E-state index contributed by atoms with van der Waals surface area (Å²) in [7, 11) is 1.77. The monoisotopic (exact) mass is 253 g/mol. The van der Waals surface area contributed by atoms with Crippen LogP contribution in [0.4, 0.5) is 0 Å². The zero-order valence-corrected chi connectivity index (χ0v) is 11.3. The smallest absolute Gasteiger partial charge is 0.309 e. The fourth-order valence-electron chi connectivity index (χ4n) is 2.08. The number of nitrogens with zero attached hydrogens (tertiary/aromatic N) is 2. The summed E-state index contributed by atoms with van der Waals surface area (Å²) < 4.78 is 5.05. The Kier molecular flexibility index (Phi) is 6.25. The molecule has 0 amide bonds. The second kappa shape index (κ2) is 7.74. The molecule has 0 aliphatic carbocycles. The van der Waals surface area contributed by atoms with Crippen LogP contribution in [0.15, 0.2) is 17.6 Å². The molecule has 1 rings (SSSR count). The molecule has 0 atom stereocenters. The van der Waals surface area contributed by atoms with E-state index in [1.807, 2.05) is 6.92 Å². The highest BCUT2D eigenvalue weighted by atomic mass is 16.5. The standard InChI is InChI=1S/C13H23N3O2/c1-4-8-15-13(14-3)16-9-6-11(7-10-16)12(17)18-5-2/h4,11H,1,5-10H2,2-3H3,(H,14,15). The normalized spacial score (nSPS) is 17.4. The number of ether oxygens (including phenoxy) is 1. The van der Waals surface area contributed by atoms with Crippen molar-refractivity contribution in [2.45, 2.75) is 19.8 Å². The van der Waals surface area contributed by atoms with Crippen LogP contribution in [0.5, 0.6) is 0 Å². The number of nitrogens with one attached hydrogen (secondary N) is 1. The van der Waals surface area contributed by atoms with Crippen molar-refractivity contribution in [2.24, 2.45) is 10.9 Å². The molecule has 0 aromatic carbocycles. The lowest BCUT2D eigenvalue weighted by Gasteiger charge is -2.33. The van der Waals surface area contributed by atoms with Crippen LogP contribution in [0.1, 0.15) is 19.8 Å². The maximum Gasteiger partial charge on any atom is 0.309 e. The van der Waals surface area contributed by atoms with Gasteiger partial charge in [-0.25, -0.2) is 0 Å². The van der Waals surface area contributed by atoms with Gasteiger partial charge in [-0.2, -0.15) is 0 Å². The van der Waals surface area contributed by atoms with Crippen LogP contribution in [0.2, 0.25) is 0 Å². The van der Waals surface area contributed by atoms with Crippen molar-refractivity contribution in [3.05, 3.63) is 12.7 Å². The van der Waals surface area contributed by atoms with Crippen LogP contribution in [0.25, 0.3) is 0 Å². The topological polar surface area (TPSA) is 53.9 Å². The van der Waals surface area contributed by atoms with Gasteiger partial charge in [-0.05, 0) is 19.8 Å². The molecule has 5 nitrogen and oxygen atoms in total. The molecule has 0 spiro atoms. The van der Waals surface area contributed by atoms with Gasteiger partial charge in [0.1, 0.15) is 0 Å². The van der Waals surface area contributed by atoms with Crippen molar-refractivity contribution in [1.82, 2.24) is 10.2 Å². The van der Waals surface area contributed by atoms with Gasteiger partial charge in [0.25, 0.3) is 0 Å². The number of hydrogen-bond acceptors (Lipinski definition) is 3. The molecular weight excluding hydrogens is 230 g/mol. The van der Waals surface area contributed by atoms with E-state index in [1.165, 1.54) is 0 Å². The van der Waals surface area contributed by atoms with E-state index in [1.54, 1.807) is 13.1 Å². The zero-order chi connectivity index (χ0) is 13.4. The third-order valence-corrected chi connectivity index (χ3v) is 3.03. The first-order valence-corrected chi connectivity index (χ1v) is 6.46. The average molecular weight is 253 g/mol. The van der Waals surface area contributed by atoms with Crippen LogP contribution in [0.3, 0.4) is 0 Å². The minimum atomic E-state index is -0.0637. The van der Waals surface area contributed by atoms with Gasteiger partial charge in [0, 0.05) is 26.7 Å². The molecule has 0 radical (unpaired) electrons. The predicted octanol–water partition coefficient (Wildman–Crippen LogP) is 1.02. The molecule has 1 heterocycles. The summed E-state index contributed by atoms with van der Waals surface area (Å²) in [6.45, 7) is 8.34. The van der Waals surface area contributed by atoms with E-state index in [-0.39, 0.29) is 11.9 Å². The molecule has 102 valence electrons. The quantitative estimate of drug-likeness (QED) is 0.352. The summed E-state index contributed by atoms with van der Waals surface area (Å²) in [5.41, 5.74) is 0. The van der Waals surface area contributed by atoms with E-state index >= 15 is 0 Å². The molecule has 0 bridgehead atoms. The van der Waals surface area contributed by atoms with Gasteiger partial charge < -0.3 is 15.0 Å². The third-order valence-electron chi connectivity index (χ3n) is 3.03. The van der Waals surface area contributed by atoms with E-state index in [9.17, 15) is 4.79 Å². The Labute approximate surface area is 109 Å². The molecule has 1 aliphatic rings. The van der Waals surface area contributed by atoms with E-state index in [0.29, 0.717) is 13.2 Å². The molecule has 1 N–H and O–H groups in total. The van der Waals surface area contributed by atoms with Crippen LogP contribution >= 0.6 is 0 Å². The van der Waals surface area contributed by atoms with Crippen molar-refractivity contribution >= 4 is 11.9 Å². The Morgan fingerprint density at radius 2 is 2.22 bits per heavy atom. The van der Waals surface area contributed by atoms with Gasteiger partial charge in [0.15, 0.2) is 5.96 Å². The number of aliphatic imine (C=N–C) groups is 1. The molecular formula is C13H23N3O2. The van der Waals surface area contributed by atoms with Gasteiger partial charge >= 0.3 is 5.97 Å². The molecule has 0 saturated carbocycles. The summed E-state index contributed by atoms with van der Waals surface area (Å²) in [4.78, 5) is 18.0. The number of hydrogen-bond donors (Lipinski definition) is 1. The second-order valence-electron chi connectivity index (χ2n) is 4.23. The minimum Gasteiger partial charge on any atom is -0.466 e. The lowest BCUT2D eigenvalue weighted by atomic mass is 9.97. The summed E-state index contributed by atoms with van der Waals surface area (Å²) in [6.07, 6.45) is 3.46. The van der Waals surface area contributed by atoms with Crippen LogP contribution in [-0.2, 0) is 9.53 Å². The van der Waals surface area contributed by atoms with Crippen molar-refractivity contribution in [2.75, 3.05) is 33.3 Å². The van der Waals surface area contributed by atoms with Crippen LogP contribution < -0.4 is 5.32 Å². The van der Waals surface area contributed by atoms with Crippen LogP contribution in [-0.4, -0.2) is 50.1 Å². The SMILES string of the molecule is C=CCNC(=NC)N1CCC(C(=O)OCC)CC1. The lowest BCUT2D eigenvalue weighted by molar-refractivity contribution is -0.149. The Morgan fingerprint density at radius 1 is 1.56 bits per heavy atom. The molecule has 5 heteroatoms. The number of piperidine rings is 1. The third kappa shape index (κ3) is 4.05. The van der Waals surface area contributed by atoms with E-state index in [4.69, 9.17) is 4.74 Å². The fourth-order valence-corrected chi connectivity index (χ4v) is 2.08. The molecule has 0 aromatic heterocycles. The number of carbonyl (C=O) groups excluding carboxylic acids is 1. The number of esters is 1. The molecule has 18 heavy (non-hydrogen) atoms. The maximum atomic E-state index is 11.6. The highest BCUT2D eigenvalue weighted by Crippen LogP contribution is 2.18. The molecule has 1 fully saturated rings. The summed E-state index contributed by atoms with van der Waals surface area (Å²) >= 11 is 0. The Balaban J connectivity index is 2.42. The van der Waals surface area contributed by atoms with E-state index in [0.717, 1.165) is 31.9 Å². The minimum absolute atomic E-state index is 0.0405. The highest BCUT2D eigenvalue weighted by molar-refractivity contribution is 5.80. The van der Waals surface area contributed by atoms with Gasteiger partial charge in [0.2, 0.25) is 0 Å². The highest BCUT2D eigenvalue weighted by Gasteiger charge is 2.27. The molecule has 0 unspecified atom stereocenters. The predicted molar refractivity (Wildman–Crippen MR) is 72.5 cm³/mol. The van der Waals surface area contributed by atoms with Gasteiger partial charge in [-0.15, -0.1) is 6.58 Å². The Bertz CT molecular complexity index is 307. The largest absolute Gasteiger partial charge is 0.466 e. The fraction of sp³-hybridized carbons (Fsp3) is 0.692. The van der Waals surface area contributed by atoms with Gasteiger partial charge in [-0.1, -0.05) is 6.08 Å². The number of carbonyl (C=O) groups is 1. The average Bonchev–Trinajstić information content (AvgIpc) is 2.40. The Morgan fingerprint density at radius 3 is 2.72 bits per heavy atom. The number of guanidine groups is 1. The number of likely N-dealkylation sites (tertiary alicyclic amines) is 1. The van der Waals surface area contributed by atoms with Gasteiger partial charge in [-0.3, -0.25) is 9.79 Å². The zero-order valence-electron chi connectivity index (χ0n) is 11.3.